The molecule has 0 aliphatic heterocycles. The first-order valence-corrected chi connectivity index (χ1v) is 9.64. The number of oxazole rings is 1. The number of fused-ring (bicyclic) bond motifs is 1. The molecule has 3 aromatic heterocycles. The summed E-state index contributed by atoms with van der Waals surface area (Å²) in [5.74, 6) is 0.529. The van der Waals surface area contributed by atoms with Crippen LogP contribution in [0, 0.1) is 0 Å². The summed E-state index contributed by atoms with van der Waals surface area (Å²) >= 11 is 0. The third-order valence-corrected chi connectivity index (χ3v) is 4.60. The van der Waals surface area contributed by atoms with Gasteiger partial charge in [-0.3, -0.25) is 9.36 Å². The van der Waals surface area contributed by atoms with Crippen molar-refractivity contribution in [2.75, 3.05) is 5.32 Å². The van der Waals surface area contributed by atoms with Crippen LogP contribution >= 0.6 is 0 Å². The third kappa shape index (κ3) is 3.97. The monoisotopic (exact) mass is 428 g/mol. The van der Waals surface area contributed by atoms with Gasteiger partial charge in [0.1, 0.15) is 18.6 Å². The van der Waals surface area contributed by atoms with Crippen LogP contribution in [-0.4, -0.2) is 30.2 Å². The van der Waals surface area contributed by atoms with Gasteiger partial charge in [-0.2, -0.15) is 5.10 Å². The molecule has 0 spiro atoms. The van der Waals surface area contributed by atoms with Gasteiger partial charge in [-0.15, -0.1) is 0 Å². The molecular weight excluding hydrogens is 412 g/mol. The Morgan fingerprint density at radius 2 is 1.91 bits per heavy atom. The average molecular weight is 428 g/mol. The first-order chi connectivity index (χ1) is 15.7. The smallest absolute Gasteiger partial charge is 0.420 e. The summed E-state index contributed by atoms with van der Waals surface area (Å²) in [7, 11) is 0. The number of carbonyl (C=O) groups is 1. The maximum Gasteiger partial charge on any atom is 0.420 e. The van der Waals surface area contributed by atoms with Crippen molar-refractivity contribution in [1.29, 1.82) is 0 Å². The highest BCUT2D eigenvalue weighted by molar-refractivity contribution is 5.91. The zero-order chi connectivity index (χ0) is 21.9. The number of anilines is 1. The molecule has 0 saturated carbocycles. The number of carbonyl (C=O) groups excluding carboxylic acids is 1. The van der Waals surface area contributed by atoms with Crippen molar-refractivity contribution in [1.82, 2.24) is 24.3 Å². The molecule has 0 bridgehead atoms. The van der Waals surface area contributed by atoms with E-state index in [1.54, 1.807) is 77.7 Å². The Bertz CT molecular complexity index is 1440. The van der Waals surface area contributed by atoms with Crippen molar-refractivity contribution < 1.29 is 13.9 Å². The quantitative estimate of drug-likeness (QED) is 0.442. The maximum atomic E-state index is 12.4. The Labute approximate surface area is 180 Å². The van der Waals surface area contributed by atoms with Crippen LogP contribution in [0.2, 0.25) is 0 Å². The average Bonchev–Trinajstić information content (AvgIpc) is 3.44. The summed E-state index contributed by atoms with van der Waals surface area (Å²) < 4.78 is 13.8. The number of benzene rings is 2. The van der Waals surface area contributed by atoms with E-state index in [9.17, 15) is 9.59 Å². The van der Waals surface area contributed by atoms with Gasteiger partial charge in [0, 0.05) is 24.1 Å². The number of hydrogen-bond acceptors (Lipinski definition) is 7. The van der Waals surface area contributed by atoms with Crippen molar-refractivity contribution in [3.8, 4) is 17.4 Å². The second-order valence-electron chi connectivity index (χ2n) is 6.76. The number of amides is 1. The number of para-hydroxylation sites is 2. The largest absolute Gasteiger partial charge is 0.439 e. The van der Waals surface area contributed by atoms with Gasteiger partial charge in [0.15, 0.2) is 11.4 Å². The molecule has 3 heterocycles. The van der Waals surface area contributed by atoms with E-state index >= 15 is 0 Å². The SMILES string of the molecule is O=C(Cn1c(=O)oc2ccccc21)Nc1ccc(Oc2cc(-n3cccn3)ncn2)cc1. The van der Waals surface area contributed by atoms with E-state index in [0.717, 1.165) is 0 Å². The lowest BCUT2D eigenvalue weighted by Gasteiger charge is -2.08. The van der Waals surface area contributed by atoms with E-state index in [2.05, 4.69) is 20.4 Å². The summed E-state index contributed by atoms with van der Waals surface area (Å²) in [6.45, 7) is -0.161. The minimum Gasteiger partial charge on any atom is -0.439 e. The number of hydrogen-bond donors (Lipinski definition) is 1. The van der Waals surface area contributed by atoms with Crippen LogP contribution in [-0.2, 0) is 11.3 Å². The molecule has 0 unspecified atom stereocenters. The Morgan fingerprint density at radius 3 is 2.72 bits per heavy atom. The number of nitrogens with one attached hydrogen (secondary N) is 1. The normalized spacial score (nSPS) is 10.9. The lowest BCUT2D eigenvalue weighted by atomic mass is 10.3. The van der Waals surface area contributed by atoms with Crippen molar-refractivity contribution in [2.24, 2.45) is 0 Å². The van der Waals surface area contributed by atoms with Crippen molar-refractivity contribution in [3.05, 3.63) is 89.9 Å². The highest BCUT2D eigenvalue weighted by atomic mass is 16.5. The molecule has 1 amide bonds. The molecule has 32 heavy (non-hydrogen) atoms. The van der Waals surface area contributed by atoms with Gasteiger partial charge in [0.05, 0.1) is 5.52 Å². The van der Waals surface area contributed by atoms with Crippen LogP contribution in [0.25, 0.3) is 16.9 Å². The Hall–Kier alpha value is -4.73. The molecule has 0 aliphatic rings. The minimum atomic E-state index is -0.579. The molecule has 10 heteroatoms. The molecule has 5 aromatic rings. The van der Waals surface area contributed by atoms with Crippen LogP contribution < -0.4 is 15.8 Å². The zero-order valence-corrected chi connectivity index (χ0v) is 16.6. The topological polar surface area (TPSA) is 117 Å². The van der Waals surface area contributed by atoms with Gasteiger partial charge < -0.3 is 14.5 Å². The first-order valence-electron chi connectivity index (χ1n) is 9.64. The van der Waals surface area contributed by atoms with Crippen LogP contribution in [0.15, 0.2) is 88.6 Å². The lowest BCUT2D eigenvalue weighted by molar-refractivity contribution is -0.116. The van der Waals surface area contributed by atoms with Crippen LogP contribution in [0.5, 0.6) is 11.6 Å². The molecule has 0 atom stereocenters. The Morgan fingerprint density at radius 1 is 1.06 bits per heavy atom. The van der Waals surface area contributed by atoms with E-state index in [0.29, 0.717) is 34.2 Å². The van der Waals surface area contributed by atoms with Gasteiger partial charge in [0.2, 0.25) is 11.8 Å². The van der Waals surface area contributed by atoms with Crippen molar-refractivity contribution >= 4 is 22.7 Å². The Kier molecular flexibility index (Phi) is 4.92. The van der Waals surface area contributed by atoms with Gasteiger partial charge in [0.25, 0.3) is 0 Å². The van der Waals surface area contributed by atoms with Crippen molar-refractivity contribution in [2.45, 2.75) is 6.54 Å². The fourth-order valence-electron chi connectivity index (χ4n) is 3.15. The number of nitrogens with zero attached hydrogens (tertiary/aromatic N) is 5. The Balaban J connectivity index is 1.25. The number of rotatable bonds is 6. The summed E-state index contributed by atoms with van der Waals surface area (Å²) in [4.78, 5) is 32.7. The number of ether oxygens (including phenoxy) is 1. The predicted octanol–water partition coefficient (Wildman–Crippen LogP) is 3.00. The van der Waals surface area contributed by atoms with E-state index in [1.165, 1.54) is 10.9 Å². The van der Waals surface area contributed by atoms with Crippen molar-refractivity contribution in [3.63, 3.8) is 0 Å². The first kappa shape index (κ1) is 19.2. The molecule has 1 N–H and O–H groups in total. The molecular formula is C22H16N6O4. The van der Waals surface area contributed by atoms with E-state index in [4.69, 9.17) is 9.15 Å². The molecule has 0 fully saturated rings. The van der Waals surface area contributed by atoms with E-state index in [-0.39, 0.29) is 12.5 Å². The highest BCUT2D eigenvalue weighted by Crippen LogP contribution is 2.22. The van der Waals surface area contributed by atoms with Crippen LogP contribution in [0.1, 0.15) is 0 Å². The second-order valence-corrected chi connectivity index (χ2v) is 6.76. The highest BCUT2D eigenvalue weighted by Gasteiger charge is 2.12. The molecule has 10 nitrogen and oxygen atoms in total. The summed E-state index contributed by atoms with van der Waals surface area (Å²) in [6.07, 6.45) is 4.81. The van der Waals surface area contributed by atoms with Crippen LogP contribution in [0.4, 0.5) is 5.69 Å². The predicted molar refractivity (Wildman–Crippen MR) is 115 cm³/mol. The molecule has 0 radical (unpaired) electrons. The maximum absolute atomic E-state index is 12.4. The number of aromatic nitrogens is 5. The van der Waals surface area contributed by atoms with E-state index < -0.39 is 5.76 Å². The second kappa shape index (κ2) is 8.19. The fourth-order valence-corrected chi connectivity index (χ4v) is 3.15. The standard InChI is InChI=1S/C22H16N6O4/c29-20(13-27-17-4-1-2-5-18(17)32-22(27)30)26-15-6-8-16(9-7-15)31-21-12-19(23-14-24-21)28-11-3-10-25-28/h1-12,14H,13H2,(H,26,29). The third-order valence-electron chi connectivity index (χ3n) is 4.60. The molecule has 2 aromatic carbocycles. The van der Waals surface area contributed by atoms with Gasteiger partial charge in [-0.05, 0) is 42.5 Å². The summed E-state index contributed by atoms with van der Waals surface area (Å²) in [5.41, 5.74) is 1.56. The van der Waals surface area contributed by atoms with Gasteiger partial charge >= 0.3 is 5.76 Å². The summed E-state index contributed by atoms with van der Waals surface area (Å²) in [5, 5.41) is 6.88. The molecule has 0 saturated heterocycles. The lowest BCUT2D eigenvalue weighted by Crippen LogP contribution is -2.24. The van der Waals surface area contributed by atoms with Crippen LogP contribution in [0.3, 0.4) is 0 Å². The summed E-state index contributed by atoms with van der Waals surface area (Å²) in [6, 6.07) is 17.2. The molecule has 5 rings (SSSR count). The van der Waals surface area contributed by atoms with Gasteiger partial charge in [-0.25, -0.2) is 19.4 Å². The zero-order valence-electron chi connectivity index (χ0n) is 16.6. The minimum absolute atomic E-state index is 0.161. The molecule has 0 aliphatic carbocycles. The fraction of sp³-hybridized carbons (Fsp3) is 0.0455. The van der Waals surface area contributed by atoms with E-state index in [1.807, 2.05) is 0 Å². The molecule has 158 valence electrons. The van der Waals surface area contributed by atoms with Gasteiger partial charge in [-0.1, -0.05) is 12.1 Å².